The fourth-order valence-electron chi connectivity index (χ4n) is 2.36. The van der Waals surface area contributed by atoms with Gasteiger partial charge in [-0.05, 0) is 25.0 Å². The fraction of sp³-hybridized carbons (Fsp3) is 0.211. The molecule has 0 amide bonds. The second-order valence-electron chi connectivity index (χ2n) is 5.91. The number of nitrogens with one attached hydrogen (secondary N) is 1. The summed E-state index contributed by atoms with van der Waals surface area (Å²) in [4.78, 5) is 20.5. The van der Waals surface area contributed by atoms with Gasteiger partial charge in [0, 0.05) is 17.8 Å². The molecule has 0 spiro atoms. The lowest BCUT2D eigenvalue weighted by molar-refractivity contribution is 0.0438. The maximum Gasteiger partial charge on any atom is 0.340 e. The number of nitrogens with zero attached hydrogens (tertiary/aromatic N) is 2. The SMILES string of the molecule is O=C(OCc1ncc(-c2ccccc2)o1)c1ccc(NC2CC2)nc1. The molecule has 126 valence electrons. The highest BCUT2D eigenvalue weighted by Crippen LogP contribution is 2.23. The molecule has 6 nitrogen and oxygen atoms in total. The topological polar surface area (TPSA) is 77.2 Å². The van der Waals surface area contributed by atoms with Crippen molar-refractivity contribution in [2.45, 2.75) is 25.5 Å². The number of benzene rings is 1. The van der Waals surface area contributed by atoms with Crippen molar-refractivity contribution in [3.8, 4) is 11.3 Å². The molecule has 0 bridgehead atoms. The first kappa shape index (κ1) is 15.4. The maximum atomic E-state index is 12.1. The maximum absolute atomic E-state index is 12.1. The van der Waals surface area contributed by atoms with E-state index in [1.54, 1.807) is 18.3 Å². The Morgan fingerprint density at radius 2 is 1.96 bits per heavy atom. The van der Waals surface area contributed by atoms with Crippen LogP contribution in [0.1, 0.15) is 29.1 Å². The number of anilines is 1. The molecule has 0 unspecified atom stereocenters. The van der Waals surface area contributed by atoms with Crippen molar-refractivity contribution in [3.63, 3.8) is 0 Å². The molecule has 1 aliphatic rings. The third kappa shape index (κ3) is 3.85. The molecule has 1 aliphatic carbocycles. The molecule has 1 aromatic carbocycles. The molecule has 1 N–H and O–H groups in total. The lowest BCUT2D eigenvalue weighted by atomic mass is 10.2. The largest absolute Gasteiger partial charge is 0.452 e. The van der Waals surface area contributed by atoms with Crippen LogP contribution in [0.25, 0.3) is 11.3 Å². The number of hydrogen-bond donors (Lipinski definition) is 1. The summed E-state index contributed by atoms with van der Waals surface area (Å²) in [7, 11) is 0. The molecule has 25 heavy (non-hydrogen) atoms. The van der Waals surface area contributed by atoms with E-state index in [4.69, 9.17) is 9.15 Å². The summed E-state index contributed by atoms with van der Waals surface area (Å²) >= 11 is 0. The summed E-state index contributed by atoms with van der Waals surface area (Å²) < 4.78 is 10.9. The van der Waals surface area contributed by atoms with E-state index >= 15 is 0 Å². The lowest BCUT2D eigenvalue weighted by Crippen LogP contribution is -2.07. The molecule has 6 heteroatoms. The summed E-state index contributed by atoms with van der Waals surface area (Å²) in [6.07, 6.45) is 5.48. The van der Waals surface area contributed by atoms with E-state index in [1.165, 1.54) is 19.0 Å². The van der Waals surface area contributed by atoms with E-state index in [2.05, 4.69) is 15.3 Å². The molecule has 1 saturated carbocycles. The average molecular weight is 335 g/mol. The molecule has 0 saturated heterocycles. The Morgan fingerprint density at radius 3 is 2.68 bits per heavy atom. The van der Waals surface area contributed by atoms with E-state index < -0.39 is 5.97 Å². The summed E-state index contributed by atoms with van der Waals surface area (Å²) in [6.45, 7) is -0.0201. The van der Waals surface area contributed by atoms with Crippen molar-refractivity contribution >= 4 is 11.8 Å². The predicted octanol–water partition coefficient (Wildman–Crippen LogP) is 3.67. The minimum Gasteiger partial charge on any atom is -0.452 e. The standard InChI is InChI=1S/C19H17N3O3/c23-19(14-6-9-17(20-10-14)22-15-7-8-15)24-12-18-21-11-16(25-18)13-4-2-1-3-5-13/h1-6,9-11,15H,7-8,12H2,(H,20,22). The van der Waals surface area contributed by atoms with Crippen LogP contribution < -0.4 is 5.32 Å². The minimum absolute atomic E-state index is 0.0201. The van der Waals surface area contributed by atoms with Crippen LogP contribution in [0.4, 0.5) is 5.82 Å². The van der Waals surface area contributed by atoms with E-state index in [9.17, 15) is 4.79 Å². The highest BCUT2D eigenvalue weighted by molar-refractivity contribution is 5.89. The molecular weight excluding hydrogens is 318 g/mol. The predicted molar refractivity (Wildman–Crippen MR) is 91.9 cm³/mol. The van der Waals surface area contributed by atoms with Crippen molar-refractivity contribution in [2.24, 2.45) is 0 Å². The third-order valence-electron chi connectivity index (χ3n) is 3.87. The molecular formula is C19H17N3O3. The van der Waals surface area contributed by atoms with Gasteiger partial charge < -0.3 is 14.5 Å². The van der Waals surface area contributed by atoms with E-state index in [1.807, 2.05) is 30.3 Å². The van der Waals surface area contributed by atoms with Gasteiger partial charge in [-0.2, -0.15) is 0 Å². The van der Waals surface area contributed by atoms with Crippen LogP contribution in [0.5, 0.6) is 0 Å². The highest BCUT2D eigenvalue weighted by atomic mass is 16.5. The molecule has 1 fully saturated rings. The van der Waals surface area contributed by atoms with Crippen LogP contribution in [0.15, 0.2) is 59.3 Å². The van der Waals surface area contributed by atoms with Crippen LogP contribution in [-0.4, -0.2) is 22.0 Å². The first-order valence-electron chi connectivity index (χ1n) is 8.18. The van der Waals surface area contributed by atoms with Crippen molar-refractivity contribution < 1.29 is 13.9 Å². The normalized spacial score (nSPS) is 13.4. The molecule has 2 aromatic heterocycles. The number of hydrogen-bond acceptors (Lipinski definition) is 6. The highest BCUT2D eigenvalue weighted by Gasteiger charge is 2.21. The van der Waals surface area contributed by atoms with E-state index in [-0.39, 0.29) is 6.61 Å². The summed E-state index contributed by atoms with van der Waals surface area (Å²) in [5, 5.41) is 3.27. The Hall–Kier alpha value is -3.15. The van der Waals surface area contributed by atoms with Crippen molar-refractivity contribution in [2.75, 3.05) is 5.32 Å². The zero-order valence-corrected chi connectivity index (χ0v) is 13.5. The van der Waals surface area contributed by atoms with Gasteiger partial charge in [-0.15, -0.1) is 0 Å². The number of oxazole rings is 1. The number of aromatic nitrogens is 2. The van der Waals surface area contributed by atoms with E-state index in [0.29, 0.717) is 23.3 Å². The average Bonchev–Trinajstić information content (AvgIpc) is 3.34. The van der Waals surface area contributed by atoms with Crippen molar-refractivity contribution in [1.82, 2.24) is 9.97 Å². The van der Waals surface area contributed by atoms with Crippen LogP contribution in [-0.2, 0) is 11.3 Å². The molecule has 0 atom stereocenters. The van der Waals surface area contributed by atoms with Gasteiger partial charge in [0.05, 0.1) is 11.8 Å². The Labute approximate surface area is 144 Å². The Kier molecular flexibility index (Phi) is 4.16. The molecule has 4 rings (SSSR count). The first-order chi connectivity index (χ1) is 12.3. The fourth-order valence-corrected chi connectivity index (χ4v) is 2.36. The van der Waals surface area contributed by atoms with Crippen LogP contribution in [0, 0.1) is 0 Å². The minimum atomic E-state index is -0.454. The number of carbonyl (C=O) groups excluding carboxylic acids is 1. The summed E-state index contributed by atoms with van der Waals surface area (Å²) in [6, 6.07) is 13.6. The number of pyridine rings is 1. The summed E-state index contributed by atoms with van der Waals surface area (Å²) in [5.41, 5.74) is 1.33. The van der Waals surface area contributed by atoms with E-state index in [0.717, 1.165) is 11.4 Å². The first-order valence-corrected chi connectivity index (χ1v) is 8.18. The number of esters is 1. The van der Waals surface area contributed by atoms with Gasteiger partial charge in [0.25, 0.3) is 0 Å². The van der Waals surface area contributed by atoms with Gasteiger partial charge in [0.15, 0.2) is 12.4 Å². The molecule has 2 heterocycles. The second kappa shape index (κ2) is 6.76. The van der Waals surface area contributed by atoms with Crippen molar-refractivity contribution in [3.05, 3.63) is 66.3 Å². The van der Waals surface area contributed by atoms with Crippen LogP contribution >= 0.6 is 0 Å². The third-order valence-corrected chi connectivity index (χ3v) is 3.87. The van der Waals surface area contributed by atoms with Gasteiger partial charge >= 0.3 is 5.97 Å². The summed E-state index contributed by atoms with van der Waals surface area (Å²) in [5.74, 6) is 1.32. The van der Waals surface area contributed by atoms with Gasteiger partial charge in [0.2, 0.25) is 5.89 Å². The van der Waals surface area contributed by atoms with Gasteiger partial charge in [-0.25, -0.2) is 14.8 Å². The molecule has 3 aromatic rings. The Bertz CT molecular complexity index is 855. The Morgan fingerprint density at radius 1 is 1.12 bits per heavy atom. The molecule has 0 radical (unpaired) electrons. The second-order valence-corrected chi connectivity index (χ2v) is 5.91. The number of ether oxygens (including phenoxy) is 1. The van der Waals surface area contributed by atoms with Crippen molar-refractivity contribution in [1.29, 1.82) is 0 Å². The quantitative estimate of drug-likeness (QED) is 0.693. The lowest BCUT2D eigenvalue weighted by Gasteiger charge is -2.05. The number of carbonyl (C=O) groups is 1. The smallest absolute Gasteiger partial charge is 0.340 e. The number of rotatable bonds is 6. The monoisotopic (exact) mass is 335 g/mol. The Balaban J connectivity index is 1.34. The van der Waals surface area contributed by atoms with Gasteiger partial charge in [-0.3, -0.25) is 0 Å². The van der Waals surface area contributed by atoms with Gasteiger partial charge in [-0.1, -0.05) is 30.3 Å². The molecule has 0 aliphatic heterocycles. The zero-order chi connectivity index (χ0) is 17.1. The van der Waals surface area contributed by atoms with Crippen LogP contribution in [0.2, 0.25) is 0 Å². The zero-order valence-electron chi connectivity index (χ0n) is 13.5. The van der Waals surface area contributed by atoms with Gasteiger partial charge in [0.1, 0.15) is 5.82 Å². The van der Waals surface area contributed by atoms with Crippen LogP contribution in [0.3, 0.4) is 0 Å².